The van der Waals surface area contributed by atoms with Crippen LogP contribution in [0.4, 0.5) is 8.78 Å². The molecule has 3 heteroatoms. The Labute approximate surface area is 112 Å². The maximum absolute atomic E-state index is 13.6. The monoisotopic (exact) mass is 261 g/mol. The minimum Gasteiger partial charge on any atom is -0.298 e. The summed E-state index contributed by atoms with van der Waals surface area (Å²) in [5.41, 5.74) is 2.78. The van der Waals surface area contributed by atoms with Crippen LogP contribution >= 0.6 is 0 Å². The zero-order valence-electron chi connectivity index (χ0n) is 11.2. The fourth-order valence-electron chi connectivity index (χ4n) is 2.10. The summed E-state index contributed by atoms with van der Waals surface area (Å²) in [4.78, 5) is 1.97. The molecule has 0 saturated carbocycles. The van der Waals surface area contributed by atoms with Gasteiger partial charge in [0.2, 0.25) is 0 Å². The average molecular weight is 261 g/mol. The van der Waals surface area contributed by atoms with Crippen LogP contribution in [0, 0.1) is 18.6 Å². The average Bonchev–Trinajstić information content (AvgIpc) is 2.38. The third-order valence-corrected chi connectivity index (χ3v) is 3.17. The van der Waals surface area contributed by atoms with Gasteiger partial charge in [0.05, 0.1) is 0 Å². The van der Waals surface area contributed by atoms with E-state index in [0.717, 1.165) is 6.07 Å². The molecule has 2 aromatic rings. The van der Waals surface area contributed by atoms with Crippen molar-refractivity contribution in [2.75, 3.05) is 7.05 Å². The van der Waals surface area contributed by atoms with E-state index in [1.807, 2.05) is 43.1 Å². The quantitative estimate of drug-likeness (QED) is 0.806. The van der Waals surface area contributed by atoms with E-state index in [9.17, 15) is 8.78 Å². The van der Waals surface area contributed by atoms with Crippen molar-refractivity contribution in [1.82, 2.24) is 4.90 Å². The van der Waals surface area contributed by atoms with Crippen LogP contribution in [0.3, 0.4) is 0 Å². The molecule has 0 fully saturated rings. The van der Waals surface area contributed by atoms with Crippen molar-refractivity contribution in [2.24, 2.45) is 0 Å². The lowest BCUT2D eigenvalue weighted by atomic mass is 10.1. The lowest BCUT2D eigenvalue weighted by Crippen LogP contribution is -2.18. The maximum atomic E-state index is 13.6. The fraction of sp³-hybridized carbons (Fsp3) is 0.250. The second-order valence-electron chi connectivity index (χ2n) is 4.81. The highest BCUT2D eigenvalue weighted by atomic mass is 19.2. The smallest absolute Gasteiger partial charge is 0.163 e. The molecule has 0 N–H and O–H groups in total. The van der Waals surface area contributed by atoms with Crippen molar-refractivity contribution in [2.45, 2.75) is 20.0 Å². The van der Waals surface area contributed by atoms with Crippen molar-refractivity contribution in [3.8, 4) is 0 Å². The van der Waals surface area contributed by atoms with Crippen LogP contribution in [-0.2, 0) is 13.1 Å². The van der Waals surface area contributed by atoms with Crippen LogP contribution in [0.1, 0.15) is 16.7 Å². The number of benzene rings is 2. The van der Waals surface area contributed by atoms with Crippen LogP contribution in [0.5, 0.6) is 0 Å². The van der Waals surface area contributed by atoms with E-state index in [1.165, 1.54) is 17.2 Å². The van der Waals surface area contributed by atoms with E-state index in [-0.39, 0.29) is 0 Å². The Morgan fingerprint density at radius 3 is 2.26 bits per heavy atom. The molecule has 2 aromatic carbocycles. The number of aryl methyl sites for hydroxylation is 1. The van der Waals surface area contributed by atoms with Crippen molar-refractivity contribution in [3.63, 3.8) is 0 Å². The van der Waals surface area contributed by atoms with Gasteiger partial charge in [-0.25, -0.2) is 8.78 Å². The Bertz CT molecular complexity index is 566. The SMILES string of the molecule is Cc1ccccc1CN(C)Cc1cccc(F)c1F. The van der Waals surface area contributed by atoms with Crippen LogP contribution in [0.25, 0.3) is 0 Å². The molecule has 0 unspecified atom stereocenters. The third-order valence-electron chi connectivity index (χ3n) is 3.17. The second-order valence-corrected chi connectivity index (χ2v) is 4.81. The molecular weight excluding hydrogens is 244 g/mol. The van der Waals surface area contributed by atoms with Gasteiger partial charge in [-0.15, -0.1) is 0 Å². The van der Waals surface area contributed by atoms with Gasteiger partial charge in [-0.3, -0.25) is 4.90 Å². The predicted octanol–water partition coefficient (Wildman–Crippen LogP) is 3.91. The van der Waals surface area contributed by atoms with Gasteiger partial charge in [0.15, 0.2) is 11.6 Å². The summed E-state index contributed by atoms with van der Waals surface area (Å²) >= 11 is 0. The van der Waals surface area contributed by atoms with Gasteiger partial charge in [0.25, 0.3) is 0 Å². The first-order chi connectivity index (χ1) is 9.08. The topological polar surface area (TPSA) is 3.24 Å². The summed E-state index contributed by atoms with van der Waals surface area (Å²) < 4.78 is 26.7. The molecule has 0 aromatic heterocycles. The first-order valence-electron chi connectivity index (χ1n) is 6.24. The van der Waals surface area contributed by atoms with Gasteiger partial charge in [-0.05, 0) is 31.2 Å². The molecule has 0 spiro atoms. The molecule has 19 heavy (non-hydrogen) atoms. The zero-order chi connectivity index (χ0) is 13.8. The van der Waals surface area contributed by atoms with E-state index in [2.05, 4.69) is 0 Å². The lowest BCUT2D eigenvalue weighted by molar-refractivity contribution is 0.310. The van der Waals surface area contributed by atoms with Crippen molar-refractivity contribution < 1.29 is 8.78 Å². The molecule has 0 aliphatic rings. The molecule has 0 radical (unpaired) electrons. The lowest BCUT2D eigenvalue weighted by Gasteiger charge is -2.18. The molecular formula is C16H17F2N. The highest BCUT2D eigenvalue weighted by Crippen LogP contribution is 2.15. The molecule has 0 heterocycles. The number of halogens is 2. The van der Waals surface area contributed by atoms with Crippen molar-refractivity contribution in [1.29, 1.82) is 0 Å². The summed E-state index contributed by atoms with van der Waals surface area (Å²) in [6.07, 6.45) is 0. The maximum Gasteiger partial charge on any atom is 0.163 e. The molecule has 2 rings (SSSR count). The summed E-state index contributed by atoms with van der Waals surface area (Å²) in [6.45, 7) is 3.15. The van der Waals surface area contributed by atoms with Gasteiger partial charge in [0.1, 0.15) is 0 Å². The summed E-state index contributed by atoms with van der Waals surface area (Å²) in [5, 5.41) is 0. The van der Waals surface area contributed by atoms with Crippen LogP contribution < -0.4 is 0 Å². The van der Waals surface area contributed by atoms with Crippen molar-refractivity contribution >= 4 is 0 Å². The molecule has 1 nitrogen and oxygen atoms in total. The van der Waals surface area contributed by atoms with Gasteiger partial charge in [-0.1, -0.05) is 36.4 Å². The highest BCUT2D eigenvalue weighted by Gasteiger charge is 2.10. The minimum atomic E-state index is -0.790. The Balaban J connectivity index is 2.08. The third kappa shape index (κ3) is 3.38. The predicted molar refractivity (Wildman–Crippen MR) is 72.7 cm³/mol. The molecule has 0 aliphatic carbocycles. The molecule has 100 valence electrons. The van der Waals surface area contributed by atoms with Crippen LogP contribution in [0.2, 0.25) is 0 Å². The Kier molecular flexibility index (Phi) is 4.27. The zero-order valence-corrected chi connectivity index (χ0v) is 11.2. The fourth-order valence-corrected chi connectivity index (χ4v) is 2.10. The molecule has 0 saturated heterocycles. The normalized spacial score (nSPS) is 11.0. The molecule has 0 atom stereocenters. The van der Waals surface area contributed by atoms with Crippen LogP contribution in [0.15, 0.2) is 42.5 Å². The summed E-state index contributed by atoms with van der Waals surface area (Å²) in [7, 11) is 1.90. The molecule has 0 amide bonds. The minimum absolute atomic E-state index is 0.385. The standard InChI is InChI=1S/C16H17F2N/c1-12-6-3-4-7-13(12)10-19(2)11-14-8-5-9-15(17)16(14)18/h3-9H,10-11H2,1-2H3. The van der Waals surface area contributed by atoms with E-state index in [4.69, 9.17) is 0 Å². The first-order valence-corrected chi connectivity index (χ1v) is 6.24. The summed E-state index contributed by atoms with van der Waals surface area (Å²) in [6, 6.07) is 12.4. The first kappa shape index (κ1) is 13.7. The highest BCUT2D eigenvalue weighted by molar-refractivity contribution is 5.25. The largest absolute Gasteiger partial charge is 0.298 e. The number of nitrogens with zero attached hydrogens (tertiary/aromatic N) is 1. The number of hydrogen-bond acceptors (Lipinski definition) is 1. The second kappa shape index (κ2) is 5.93. The molecule has 0 aliphatic heterocycles. The number of hydrogen-bond donors (Lipinski definition) is 0. The Morgan fingerprint density at radius 1 is 0.895 bits per heavy atom. The van der Waals surface area contributed by atoms with Gasteiger partial charge < -0.3 is 0 Å². The van der Waals surface area contributed by atoms with Crippen LogP contribution in [-0.4, -0.2) is 11.9 Å². The Morgan fingerprint density at radius 2 is 1.53 bits per heavy atom. The van der Waals surface area contributed by atoms with E-state index < -0.39 is 11.6 Å². The van der Waals surface area contributed by atoms with Gasteiger partial charge >= 0.3 is 0 Å². The van der Waals surface area contributed by atoms with E-state index in [1.54, 1.807) is 6.07 Å². The van der Waals surface area contributed by atoms with E-state index >= 15 is 0 Å². The van der Waals surface area contributed by atoms with E-state index in [0.29, 0.717) is 18.7 Å². The summed E-state index contributed by atoms with van der Waals surface area (Å²) in [5.74, 6) is -1.54. The van der Waals surface area contributed by atoms with Crippen molar-refractivity contribution in [3.05, 3.63) is 70.8 Å². The number of rotatable bonds is 4. The van der Waals surface area contributed by atoms with Gasteiger partial charge in [-0.2, -0.15) is 0 Å². The van der Waals surface area contributed by atoms with Gasteiger partial charge in [0, 0.05) is 18.7 Å². The molecule has 0 bridgehead atoms. The Hall–Kier alpha value is -1.74.